The molecule has 242 valence electrons. The molecule has 3 heterocycles. The monoisotopic (exact) mass is 655 g/mol. The quantitative estimate of drug-likeness (QED) is 0.141. The Balaban J connectivity index is 1.33. The molecule has 1 unspecified atom stereocenters. The molecular weight excluding hydrogens is 623 g/mol. The molecular formula is C46H33N5. The Morgan fingerprint density at radius 2 is 1.27 bits per heavy atom. The normalized spacial score (nSPS) is 14.8. The van der Waals surface area contributed by atoms with Gasteiger partial charge in [-0.25, -0.2) is 4.99 Å². The van der Waals surface area contributed by atoms with Crippen LogP contribution in [-0.4, -0.2) is 20.7 Å². The Kier molecular flexibility index (Phi) is 6.71. The lowest BCUT2D eigenvalue weighted by molar-refractivity contribution is 0.862. The highest BCUT2D eigenvalue weighted by Crippen LogP contribution is 2.48. The summed E-state index contributed by atoms with van der Waals surface area (Å²) in [5.74, 6) is 1.04. The second-order valence-electron chi connectivity index (χ2n) is 13.2. The molecule has 5 heteroatoms. The number of rotatable bonds is 5. The zero-order chi connectivity index (χ0) is 33.9. The summed E-state index contributed by atoms with van der Waals surface area (Å²) in [4.78, 5) is 4.93. The van der Waals surface area contributed by atoms with Crippen molar-refractivity contribution in [3.8, 4) is 11.3 Å². The molecule has 10 rings (SSSR count). The molecule has 2 N–H and O–H groups in total. The van der Waals surface area contributed by atoms with Crippen molar-refractivity contribution in [1.29, 1.82) is 5.41 Å². The number of fused-ring (bicyclic) bond motifs is 3. The van der Waals surface area contributed by atoms with Gasteiger partial charge in [0.25, 0.3) is 0 Å². The summed E-state index contributed by atoms with van der Waals surface area (Å²) in [6, 6.07) is 50.7. The van der Waals surface area contributed by atoms with Gasteiger partial charge in [-0.3, -0.25) is 15.5 Å². The van der Waals surface area contributed by atoms with Crippen LogP contribution >= 0.6 is 0 Å². The van der Waals surface area contributed by atoms with E-state index in [2.05, 4.69) is 124 Å². The first-order valence-corrected chi connectivity index (χ1v) is 17.4. The van der Waals surface area contributed by atoms with Gasteiger partial charge in [-0.15, -0.1) is 0 Å². The second-order valence-corrected chi connectivity index (χ2v) is 13.2. The van der Waals surface area contributed by atoms with Crippen molar-refractivity contribution in [2.24, 2.45) is 4.99 Å². The van der Waals surface area contributed by atoms with Crippen molar-refractivity contribution >= 4 is 60.7 Å². The number of hydrogen-bond donors (Lipinski definition) is 2. The minimum Gasteiger partial charge on any atom is -0.308 e. The molecule has 0 aliphatic heterocycles. The van der Waals surface area contributed by atoms with Crippen LogP contribution in [0.25, 0.3) is 60.3 Å². The summed E-state index contributed by atoms with van der Waals surface area (Å²) >= 11 is 0. The van der Waals surface area contributed by atoms with E-state index >= 15 is 0 Å². The highest BCUT2D eigenvalue weighted by atomic mass is 15.4. The average molecular weight is 656 g/mol. The van der Waals surface area contributed by atoms with Gasteiger partial charge in [0, 0.05) is 38.6 Å². The molecule has 0 spiro atoms. The molecule has 0 bridgehead atoms. The van der Waals surface area contributed by atoms with Gasteiger partial charge in [-0.1, -0.05) is 152 Å². The maximum atomic E-state index is 8.98. The maximum absolute atomic E-state index is 8.98. The van der Waals surface area contributed by atoms with Gasteiger partial charge in [0.1, 0.15) is 0 Å². The third kappa shape index (κ3) is 4.55. The fraction of sp³-hybridized carbons (Fsp3) is 0.0435. The van der Waals surface area contributed by atoms with E-state index in [1.807, 2.05) is 60.7 Å². The van der Waals surface area contributed by atoms with E-state index in [1.165, 1.54) is 54.8 Å². The van der Waals surface area contributed by atoms with Gasteiger partial charge in [-0.05, 0) is 41.1 Å². The van der Waals surface area contributed by atoms with Crippen LogP contribution in [0, 0.1) is 5.41 Å². The van der Waals surface area contributed by atoms with Crippen molar-refractivity contribution in [1.82, 2.24) is 9.08 Å². The molecule has 1 atom stereocenters. The summed E-state index contributed by atoms with van der Waals surface area (Å²) in [5.41, 5.74) is 13.7. The van der Waals surface area contributed by atoms with Gasteiger partial charge in [0.15, 0.2) is 11.7 Å². The van der Waals surface area contributed by atoms with Crippen LogP contribution in [0.3, 0.4) is 0 Å². The first kappa shape index (κ1) is 29.2. The molecule has 3 aromatic heterocycles. The number of aromatic nitrogens is 2. The number of para-hydroxylation sites is 1. The lowest BCUT2D eigenvalue weighted by atomic mass is 9.88. The smallest absolute Gasteiger partial charge is 0.154 e. The number of hydrogen-bond acceptors (Lipinski definition) is 1. The zero-order valence-corrected chi connectivity index (χ0v) is 27.8. The summed E-state index contributed by atoms with van der Waals surface area (Å²) in [6.07, 6.45) is 9.94. The minimum absolute atomic E-state index is 0.196. The number of benzene rings is 6. The van der Waals surface area contributed by atoms with Crippen LogP contribution in [0.4, 0.5) is 0 Å². The minimum atomic E-state index is 0.196. The molecule has 0 amide bonds. The number of nitrogens with zero attached hydrogens (tertiary/aromatic N) is 3. The third-order valence-corrected chi connectivity index (χ3v) is 10.3. The van der Waals surface area contributed by atoms with Gasteiger partial charge >= 0.3 is 0 Å². The van der Waals surface area contributed by atoms with Gasteiger partial charge in [0.05, 0.1) is 27.8 Å². The Morgan fingerprint density at radius 1 is 0.608 bits per heavy atom. The summed E-state index contributed by atoms with van der Waals surface area (Å²) in [6.45, 7) is 0. The predicted octanol–water partition coefficient (Wildman–Crippen LogP) is 11.1. The molecule has 51 heavy (non-hydrogen) atoms. The Morgan fingerprint density at radius 3 is 2.04 bits per heavy atom. The molecule has 0 saturated heterocycles. The SMILES string of the molecule is N=C(/N=C(\Nn1c2cccc3c4ccccc4n4c(-c5ccccc5)c(C5C=CC=CC5)c5ccc1c(c32)c54)c1ccccc1)c1ccccc1. The van der Waals surface area contributed by atoms with E-state index in [4.69, 9.17) is 10.4 Å². The van der Waals surface area contributed by atoms with Gasteiger partial charge in [0.2, 0.25) is 0 Å². The topological polar surface area (TPSA) is 57.6 Å². The predicted molar refractivity (Wildman–Crippen MR) is 213 cm³/mol. The number of amidine groups is 2. The first-order valence-electron chi connectivity index (χ1n) is 17.4. The second kappa shape index (κ2) is 11.7. The lowest BCUT2D eigenvalue weighted by Crippen LogP contribution is -2.25. The molecule has 5 nitrogen and oxygen atoms in total. The van der Waals surface area contributed by atoms with Crippen LogP contribution in [0.1, 0.15) is 29.0 Å². The lowest BCUT2D eigenvalue weighted by Gasteiger charge is -2.16. The van der Waals surface area contributed by atoms with E-state index in [0.29, 0.717) is 5.84 Å². The van der Waals surface area contributed by atoms with E-state index in [0.717, 1.165) is 28.6 Å². The van der Waals surface area contributed by atoms with Crippen molar-refractivity contribution in [3.05, 3.63) is 187 Å². The van der Waals surface area contributed by atoms with Crippen LogP contribution < -0.4 is 5.43 Å². The standard InChI is InChI=1S/C46H33N5/c47-45(32-20-9-3-10-21-32)48-46(33-22-11-4-12-23-33)49-51-38-27-15-25-35-34-24-13-14-26-37(34)50-43(31-18-7-2-8-19-31)40(30-16-5-1-6-17-30)36-28-29-39(51)42(41(35)38)44(36)50/h1-16,18-30H,17H2,(H2,47,48,49). The molecule has 0 fully saturated rings. The molecule has 0 radical (unpaired) electrons. The van der Waals surface area contributed by atoms with Crippen molar-refractivity contribution in [2.45, 2.75) is 12.3 Å². The Bertz CT molecular complexity index is 2860. The van der Waals surface area contributed by atoms with Crippen molar-refractivity contribution < 1.29 is 0 Å². The van der Waals surface area contributed by atoms with Crippen LogP contribution in [0.5, 0.6) is 0 Å². The molecule has 0 saturated carbocycles. The number of aliphatic imine (C=N–C) groups is 1. The third-order valence-electron chi connectivity index (χ3n) is 10.3. The summed E-state index contributed by atoms with van der Waals surface area (Å²) < 4.78 is 4.71. The fourth-order valence-electron chi connectivity index (χ4n) is 8.10. The first-order chi connectivity index (χ1) is 25.3. The van der Waals surface area contributed by atoms with E-state index in [1.54, 1.807) is 0 Å². The van der Waals surface area contributed by atoms with Crippen LogP contribution in [-0.2, 0) is 0 Å². The fourth-order valence-corrected chi connectivity index (χ4v) is 8.10. The molecule has 6 aromatic carbocycles. The van der Waals surface area contributed by atoms with Crippen LogP contribution in [0.2, 0.25) is 0 Å². The average Bonchev–Trinajstić information content (AvgIpc) is 3.67. The summed E-state index contributed by atoms with van der Waals surface area (Å²) in [5, 5.41) is 15.0. The maximum Gasteiger partial charge on any atom is 0.154 e. The molecule has 9 aromatic rings. The largest absolute Gasteiger partial charge is 0.308 e. The highest BCUT2D eigenvalue weighted by molar-refractivity contribution is 6.31. The number of allylic oxidation sites excluding steroid dienone is 4. The number of nitrogens with one attached hydrogen (secondary N) is 2. The molecule has 1 aliphatic rings. The van der Waals surface area contributed by atoms with Crippen LogP contribution in [0.15, 0.2) is 175 Å². The van der Waals surface area contributed by atoms with Crippen molar-refractivity contribution in [2.75, 3.05) is 5.43 Å². The Labute approximate surface area is 294 Å². The zero-order valence-electron chi connectivity index (χ0n) is 27.8. The molecule has 1 aliphatic carbocycles. The Hall–Kier alpha value is -6.72. The van der Waals surface area contributed by atoms with E-state index in [9.17, 15) is 0 Å². The van der Waals surface area contributed by atoms with Gasteiger partial charge in [-0.2, -0.15) is 0 Å². The van der Waals surface area contributed by atoms with Crippen molar-refractivity contribution in [3.63, 3.8) is 0 Å². The van der Waals surface area contributed by atoms with Gasteiger partial charge < -0.3 is 4.40 Å². The van der Waals surface area contributed by atoms with E-state index < -0.39 is 0 Å². The highest BCUT2D eigenvalue weighted by Gasteiger charge is 2.28. The van der Waals surface area contributed by atoms with E-state index in [-0.39, 0.29) is 11.8 Å². The summed E-state index contributed by atoms with van der Waals surface area (Å²) in [7, 11) is 0.